The maximum Gasteiger partial charge on any atom is 0.410 e. The van der Waals surface area contributed by atoms with Gasteiger partial charge in [-0.2, -0.15) is 5.10 Å². The molecule has 0 bridgehead atoms. The van der Waals surface area contributed by atoms with Gasteiger partial charge in [0.25, 0.3) is 5.91 Å². The number of piperidine rings is 1. The van der Waals surface area contributed by atoms with Crippen LogP contribution in [0, 0.1) is 13.8 Å². The van der Waals surface area contributed by atoms with E-state index in [1.54, 1.807) is 15.9 Å². The van der Waals surface area contributed by atoms with Crippen LogP contribution in [0.5, 0.6) is 0 Å². The summed E-state index contributed by atoms with van der Waals surface area (Å²) < 4.78 is 7.39. The number of aliphatic hydroxyl groups is 1. The van der Waals surface area contributed by atoms with Crippen LogP contribution in [-0.4, -0.2) is 62.4 Å². The number of ether oxygens (including phenoxy) is 1. The number of amides is 2. The van der Waals surface area contributed by atoms with Crippen LogP contribution >= 0.6 is 0 Å². The molecular weight excluding hydrogens is 396 g/mol. The fraction of sp³-hybridized carbons (Fsp3) is 0.522. The van der Waals surface area contributed by atoms with Gasteiger partial charge in [0.15, 0.2) is 5.69 Å². The Morgan fingerprint density at radius 1 is 1.03 bits per heavy atom. The molecule has 2 amide bonds. The molecule has 31 heavy (non-hydrogen) atoms. The lowest BCUT2D eigenvalue weighted by atomic mass is 10.1. The summed E-state index contributed by atoms with van der Waals surface area (Å²) >= 11 is 0. The van der Waals surface area contributed by atoms with Gasteiger partial charge in [-0.1, -0.05) is 29.3 Å². The van der Waals surface area contributed by atoms with Gasteiger partial charge in [0, 0.05) is 26.2 Å². The highest BCUT2D eigenvalue weighted by atomic mass is 16.6. The second-order valence-corrected chi connectivity index (χ2v) is 8.59. The molecule has 4 rings (SSSR count). The molecule has 0 unspecified atom stereocenters. The van der Waals surface area contributed by atoms with Crippen molar-refractivity contribution in [3.63, 3.8) is 0 Å². The van der Waals surface area contributed by atoms with Crippen LogP contribution in [0.3, 0.4) is 0 Å². The predicted molar refractivity (Wildman–Crippen MR) is 114 cm³/mol. The third-order valence-electron chi connectivity index (χ3n) is 5.89. The van der Waals surface area contributed by atoms with E-state index in [0.29, 0.717) is 51.3 Å². The number of rotatable bonds is 3. The molecule has 0 aliphatic carbocycles. The number of carbonyl (C=O) groups is 2. The lowest BCUT2D eigenvalue weighted by molar-refractivity contribution is 0.0540. The Kier molecular flexibility index (Phi) is 6.27. The highest BCUT2D eigenvalue weighted by Gasteiger charge is 2.27. The van der Waals surface area contributed by atoms with Gasteiger partial charge in [-0.3, -0.25) is 9.48 Å². The summed E-state index contributed by atoms with van der Waals surface area (Å²) in [5, 5.41) is 14.2. The molecule has 0 radical (unpaired) electrons. The molecule has 1 fully saturated rings. The van der Waals surface area contributed by atoms with E-state index >= 15 is 0 Å². The van der Waals surface area contributed by atoms with Gasteiger partial charge in [-0.25, -0.2) is 4.79 Å². The predicted octanol–water partition coefficient (Wildman–Crippen LogP) is 2.64. The van der Waals surface area contributed by atoms with E-state index in [9.17, 15) is 14.7 Å². The van der Waals surface area contributed by atoms with Crippen molar-refractivity contribution in [3.05, 3.63) is 52.3 Å². The quantitative estimate of drug-likeness (QED) is 0.815. The summed E-state index contributed by atoms with van der Waals surface area (Å²) in [6.45, 7) is 6.98. The Bertz CT molecular complexity index is 942. The zero-order valence-electron chi connectivity index (χ0n) is 18.2. The molecule has 1 aromatic heterocycles. The van der Waals surface area contributed by atoms with Crippen LogP contribution in [0.4, 0.5) is 4.79 Å². The summed E-state index contributed by atoms with van der Waals surface area (Å²) in [6.07, 6.45) is 1.26. The minimum atomic E-state index is -0.355. The number of carbonyl (C=O) groups excluding carboxylic acids is 2. The second kappa shape index (κ2) is 9.09. The van der Waals surface area contributed by atoms with Crippen LogP contribution in [-0.2, 0) is 24.4 Å². The first kappa shape index (κ1) is 21.4. The molecule has 1 N–H and O–H groups in total. The second-order valence-electron chi connectivity index (χ2n) is 8.59. The first-order valence-electron chi connectivity index (χ1n) is 10.9. The normalized spacial score (nSPS) is 17.3. The van der Waals surface area contributed by atoms with E-state index in [1.165, 1.54) is 0 Å². The van der Waals surface area contributed by atoms with Crippen molar-refractivity contribution in [1.29, 1.82) is 0 Å². The van der Waals surface area contributed by atoms with E-state index < -0.39 is 0 Å². The fourth-order valence-electron chi connectivity index (χ4n) is 4.34. The molecule has 1 aromatic carbocycles. The molecule has 2 aliphatic rings. The van der Waals surface area contributed by atoms with Crippen molar-refractivity contribution in [2.75, 3.05) is 19.6 Å². The van der Waals surface area contributed by atoms with Crippen molar-refractivity contribution in [3.8, 4) is 0 Å². The molecular formula is C23H30N4O4. The summed E-state index contributed by atoms with van der Waals surface area (Å²) in [7, 11) is 0. The van der Waals surface area contributed by atoms with Crippen molar-refractivity contribution < 1.29 is 19.4 Å². The van der Waals surface area contributed by atoms with Crippen LogP contribution < -0.4 is 0 Å². The van der Waals surface area contributed by atoms with Crippen LogP contribution in [0.15, 0.2) is 24.3 Å². The zero-order valence-corrected chi connectivity index (χ0v) is 18.2. The standard InChI is InChI=1S/C23H30N4O4/c1-16-10-17(2)12-18(11-16)15-31-23(30)26-6-3-7-27-19(14-26)13-21(24-27)22(29)25-8-4-20(28)5-9-25/h10-13,20,28H,3-9,14-15H2,1-2H3. The van der Waals surface area contributed by atoms with E-state index in [2.05, 4.69) is 11.2 Å². The number of aryl methyl sites for hydroxylation is 3. The van der Waals surface area contributed by atoms with Gasteiger partial charge in [0.05, 0.1) is 18.3 Å². The number of hydrogen-bond donors (Lipinski definition) is 1. The number of nitrogens with zero attached hydrogens (tertiary/aromatic N) is 4. The number of fused-ring (bicyclic) bond motifs is 1. The average Bonchev–Trinajstić information content (AvgIpc) is 3.03. The third-order valence-corrected chi connectivity index (χ3v) is 5.89. The maximum absolute atomic E-state index is 12.8. The van der Waals surface area contributed by atoms with Gasteiger partial charge < -0.3 is 19.6 Å². The Balaban J connectivity index is 1.39. The van der Waals surface area contributed by atoms with Gasteiger partial charge >= 0.3 is 6.09 Å². The number of hydrogen-bond acceptors (Lipinski definition) is 5. The number of benzene rings is 1. The van der Waals surface area contributed by atoms with E-state index in [0.717, 1.165) is 28.8 Å². The Labute approximate surface area is 182 Å². The first-order valence-corrected chi connectivity index (χ1v) is 10.9. The molecule has 2 aromatic rings. The maximum atomic E-state index is 12.8. The number of likely N-dealkylation sites (tertiary alicyclic amines) is 1. The molecule has 8 nitrogen and oxygen atoms in total. The monoisotopic (exact) mass is 426 g/mol. The third kappa shape index (κ3) is 5.07. The minimum absolute atomic E-state index is 0.114. The molecule has 0 atom stereocenters. The first-order chi connectivity index (χ1) is 14.9. The molecule has 2 aliphatic heterocycles. The average molecular weight is 427 g/mol. The molecule has 1 saturated heterocycles. The van der Waals surface area contributed by atoms with E-state index in [1.807, 2.05) is 30.7 Å². The SMILES string of the molecule is Cc1cc(C)cc(COC(=O)N2CCCn3nc(C(=O)N4CCC(O)CC4)cc3C2)c1. The van der Waals surface area contributed by atoms with Gasteiger partial charge in [-0.05, 0) is 44.7 Å². The van der Waals surface area contributed by atoms with Crippen molar-refractivity contribution >= 4 is 12.0 Å². The Morgan fingerprint density at radius 2 is 1.74 bits per heavy atom. The molecule has 0 saturated carbocycles. The number of aliphatic hydroxyl groups excluding tert-OH is 1. The zero-order chi connectivity index (χ0) is 22.0. The molecule has 8 heteroatoms. The highest BCUT2D eigenvalue weighted by Crippen LogP contribution is 2.19. The van der Waals surface area contributed by atoms with Gasteiger partial charge in [-0.15, -0.1) is 0 Å². The van der Waals surface area contributed by atoms with Crippen LogP contribution in [0.1, 0.15) is 52.1 Å². The van der Waals surface area contributed by atoms with Crippen molar-refractivity contribution in [2.24, 2.45) is 0 Å². The molecule has 166 valence electrons. The topological polar surface area (TPSA) is 87.9 Å². The van der Waals surface area contributed by atoms with Gasteiger partial charge in [0.1, 0.15) is 6.61 Å². The molecule has 3 heterocycles. The summed E-state index contributed by atoms with van der Waals surface area (Å²) in [4.78, 5) is 28.9. The van der Waals surface area contributed by atoms with Crippen molar-refractivity contribution in [1.82, 2.24) is 19.6 Å². The Morgan fingerprint density at radius 3 is 2.45 bits per heavy atom. The number of aromatic nitrogens is 2. The summed E-state index contributed by atoms with van der Waals surface area (Å²) in [5.41, 5.74) is 4.50. The highest BCUT2D eigenvalue weighted by molar-refractivity contribution is 5.92. The minimum Gasteiger partial charge on any atom is -0.445 e. The summed E-state index contributed by atoms with van der Waals surface area (Å²) in [6, 6.07) is 7.92. The largest absolute Gasteiger partial charge is 0.445 e. The molecule has 0 spiro atoms. The van der Waals surface area contributed by atoms with Crippen LogP contribution in [0.2, 0.25) is 0 Å². The van der Waals surface area contributed by atoms with E-state index in [4.69, 9.17) is 4.74 Å². The lowest BCUT2D eigenvalue weighted by Crippen LogP contribution is -2.40. The van der Waals surface area contributed by atoms with Crippen molar-refractivity contribution in [2.45, 2.75) is 58.9 Å². The summed E-state index contributed by atoms with van der Waals surface area (Å²) in [5.74, 6) is -0.114. The smallest absolute Gasteiger partial charge is 0.410 e. The van der Waals surface area contributed by atoms with Gasteiger partial charge in [0.2, 0.25) is 0 Å². The van der Waals surface area contributed by atoms with E-state index in [-0.39, 0.29) is 24.7 Å². The van der Waals surface area contributed by atoms with Crippen LogP contribution in [0.25, 0.3) is 0 Å². The Hall–Kier alpha value is -2.87. The lowest BCUT2D eigenvalue weighted by Gasteiger charge is -2.28. The fourth-order valence-corrected chi connectivity index (χ4v) is 4.34.